The van der Waals surface area contributed by atoms with Gasteiger partial charge in [0.2, 0.25) is 5.41 Å². The standard InChI is InChI=1S/C19H20F6S/c1-6-8-16(11-9-13(3)4)17(18(20,21)22,19(23,24)25)15(7-2)12-10-14(5)26/h6-12,26H,1-3H2,4-5H3/b11-9-,14-10+,15-12+,16-8+. The van der Waals surface area contributed by atoms with Crippen LogP contribution in [0.5, 0.6) is 0 Å². The van der Waals surface area contributed by atoms with E-state index >= 15 is 0 Å². The van der Waals surface area contributed by atoms with Crippen LogP contribution in [0.25, 0.3) is 0 Å². The average molecular weight is 394 g/mol. The maximum atomic E-state index is 14.0. The third kappa shape index (κ3) is 5.30. The van der Waals surface area contributed by atoms with E-state index in [1.54, 1.807) is 0 Å². The van der Waals surface area contributed by atoms with Crippen molar-refractivity contribution in [3.05, 3.63) is 83.9 Å². The quantitative estimate of drug-likeness (QED) is 0.262. The highest BCUT2D eigenvalue weighted by molar-refractivity contribution is 7.84. The van der Waals surface area contributed by atoms with Crippen LogP contribution < -0.4 is 0 Å². The number of alkyl halides is 6. The molecule has 0 aromatic heterocycles. The van der Waals surface area contributed by atoms with Gasteiger partial charge in [0.1, 0.15) is 0 Å². The van der Waals surface area contributed by atoms with Gasteiger partial charge in [0.05, 0.1) is 0 Å². The Morgan fingerprint density at radius 2 is 1.31 bits per heavy atom. The van der Waals surface area contributed by atoms with E-state index < -0.39 is 28.9 Å². The van der Waals surface area contributed by atoms with Gasteiger partial charge in [-0.05, 0) is 29.9 Å². The lowest BCUT2D eigenvalue weighted by molar-refractivity contribution is -0.308. The van der Waals surface area contributed by atoms with Crippen molar-refractivity contribution in [3.63, 3.8) is 0 Å². The second-order valence-electron chi connectivity index (χ2n) is 5.42. The van der Waals surface area contributed by atoms with Crippen LogP contribution in [0.15, 0.2) is 83.9 Å². The van der Waals surface area contributed by atoms with E-state index in [4.69, 9.17) is 0 Å². The monoisotopic (exact) mass is 394 g/mol. The first kappa shape index (κ1) is 24.1. The molecule has 0 spiro atoms. The fourth-order valence-corrected chi connectivity index (χ4v) is 2.28. The fourth-order valence-electron chi connectivity index (χ4n) is 2.20. The normalized spacial score (nSPS) is 15.3. The minimum atomic E-state index is -5.70. The van der Waals surface area contributed by atoms with E-state index in [0.717, 1.165) is 24.3 Å². The summed E-state index contributed by atoms with van der Waals surface area (Å²) in [6.45, 7) is 12.7. The predicted molar refractivity (Wildman–Crippen MR) is 97.8 cm³/mol. The molecule has 0 radical (unpaired) electrons. The zero-order valence-corrected chi connectivity index (χ0v) is 15.3. The zero-order valence-electron chi connectivity index (χ0n) is 14.4. The smallest absolute Gasteiger partial charge is 0.169 e. The molecule has 7 heteroatoms. The highest BCUT2D eigenvalue weighted by atomic mass is 32.1. The predicted octanol–water partition coefficient (Wildman–Crippen LogP) is 7.29. The van der Waals surface area contributed by atoms with E-state index in [1.165, 1.54) is 13.8 Å². The maximum absolute atomic E-state index is 14.0. The van der Waals surface area contributed by atoms with Gasteiger partial charge in [-0.25, -0.2) is 0 Å². The highest BCUT2D eigenvalue weighted by Gasteiger charge is 2.73. The maximum Gasteiger partial charge on any atom is 0.411 e. The Morgan fingerprint density at radius 3 is 1.62 bits per heavy atom. The van der Waals surface area contributed by atoms with Gasteiger partial charge < -0.3 is 0 Å². The summed E-state index contributed by atoms with van der Waals surface area (Å²) in [5.74, 6) is 0. The molecule has 0 saturated heterocycles. The first-order valence-corrected chi connectivity index (χ1v) is 7.71. The van der Waals surface area contributed by atoms with Crippen LogP contribution in [-0.4, -0.2) is 12.4 Å². The number of hydrogen-bond donors (Lipinski definition) is 1. The molecule has 26 heavy (non-hydrogen) atoms. The highest BCUT2D eigenvalue weighted by Crippen LogP contribution is 2.60. The number of thiol groups is 1. The van der Waals surface area contributed by atoms with E-state index in [0.29, 0.717) is 18.2 Å². The molecule has 0 atom stereocenters. The molecule has 0 aromatic rings. The van der Waals surface area contributed by atoms with Crippen molar-refractivity contribution < 1.29 is 26.3 Å². The third-order valence-electron chi connectivity index (χ3n) is 3.29. The summed E-state index contributed by atoms with van der Waals surface area (Å²) >= 11 is 3.88. The summed E-state index contributed by atoms with van der Waals surface area (Å²) in [6, 6.07) is 0. The van der Waals surface area contributed by atoms with Gasteiger partial charge in [-0.2, -0.15) is 26.3 Å². The lowest BCUT2D eigenvalue weighted by Crippen LogP contribution is -2.52. The topological polar surface area (TPSA) is 0 Å². The van der Waals surface area contributed by atoms with E-state index in [-0.39, 0.29) is 10.5 Å². The Bertz CT molecular complexity index is 651. The van der Waals surface area contributed by atoms with Crippen molar-refractivity contribution in [2.24, 2.45) is 5.41 Å². The van der Waals surface area contributed by atoms with Crippen LogP contribution in [0.2, 0.25) is 0 Å². The van der Waals surface area contributed by atoms with Gasteiger partial charge in [0, 0.05) is 0 Å². The van der Waals surface area contributed by atoms with Crippen molar-refractivity contribution in [2.75, 3.05) is 0 Å². The van der Waals surface area contributed by atoms with Gasteiger partial charge >= 0.3 is 12.4 Å². The Hall–Kier alpha value is -1.89. The van der Waals surface area contributed by atoms with Crippen molar-refractivity contribution in [3.8, 4) is 0 Å². The van der Waals surface area contributed by atoms with Crippen molar-refractivity contribution >= 4 is 12.6 Å². The first-order chi connectivity index (χ1) is 11.8. The average Bonchev–Trinajstić information content (AvgIpc) is 2.45. The van der Waals surface area contributed by atoms with E-state index in [2.05, 4.69) is 32.4 Å². The van der Waals surface area contributed by atoms with Gasteiger partial charge in [-0.3, -0.25) is 0 Å². The fraction of sp³-hybridized carbons (Fsp3) is 0.263. The van der Waals surface area contributed by atoms with Crippen LogP contribution in [-0.2, 0) is 0 Å². The number of allylic oxidation sites excluding steroid dienone is 11. The van der Waals surface area contributed by atoms with Gasteiger partial charge in [0.15, 0.2) is 0 Å². The molecule has 0 aliphatic carbocycles. The molecule has 0 fully saturated rings. The molecule has 0 saturated carbocycles. The number of halogens is 6. The summed E-state index contributed by atoms with van der Waals surface area (Å²) in [5, 5.41) is 0. The summed E-state index contributed by atoms with van der Waals surface area (Å²) in [6.07, 6.45) is -5.75. The molecule has 0 amide bonds. The third-order valence-corrected chi connectivity index (χ3v) is 3.43. The molecule has 0 bridgehead atoms. The molecular formula is C19H20F6S. The Morgan fingerprint density at radius 1 is 0.808 bits per heavy atom. The van der Waals surface area contributed by atoms with Crippen molar-refractivity contribution in [2.45, 2.75) is 26.2 Å². The van der Waals surface area contributed by atoms with Gasteiger partial charge in [-0.15, -0.1) is 12.6 Å². The molecule has 0 aliphatic heterocycles. The molecule has 0 unspecified atom stereocenters. The van der Waals surface area contributed by atoms with Crippen LogP contribution in [0, 0.1) is 5.41 Å². The Labute approximate surface area is 155 Å². The molecule has 0 nitrogen and oxygen atoms in total. The van der Waals surface area contributed by atoms with Gasteiger partial charge in [0.25, 0.3) is 0 Å². The van der Waals surface area contributed by atoms with Gasteiger partial charge in [-0.1, -0.05) is 67.8 Å². The minimum Gasteiger partial charge on any atom is -0.169 e. The molecule has 0 aliphatic rings. The largest absolute Gasteiger partial charge is 0.411 e. The van der Waals surface area contributed by atoms with Crippen LogP contribution in [0.4, 0.5) is 26.3 Å². The molecule has 0 heterocycles. The minimum absolute atomic E-state index is 0.231. The lowest BCUT2D eigenvalue weighted by atomic mass is 9.71. The second-order valence-corrected chi connectivity index (χ2v) is 6.12. The molecule has 0 N–H and O–H groups in total. The molecular weight excluding hydrogens is 374 g/mol. The van der Waals surface area contributed by atoms with Crippen LogP contribution >= 0.6 is 12.6 Å². The zero-order chi connectivity index (χ0) is 20.8. The molecule has 0 aromatic carbocycles. The Balaban J connectivity index is 7.28. The number of rotatable bonds is 7. The second kappa shape index (κ2) is 9.16. The summed E-state index contributed by atoms with van der Waals surface area (Å²) in [4.78, 5) is 0.231. The van der Waals surface area contributed by atoms with Crippen molar-refractivity contribution in [1.82, 2.24) is 0 Å². The van der Waals surface area contributed by atoms with E-state index in [9.17, 15) is 26.3 Å². The summed E-state index contributed by atoms with van der Waals surface area (Å²) in [7, 11) is 0. The number of hydrogen-bond acceptors (Lipinski definition) is 1. The van der Waals surface area contributed by atoms with Crippen LogP contribution in [0.1, 0.15) is 13.8 Å². The lowest BCUT2D eigenvalue weighted by Gasteiger charge is -2.39. The molecule has 0 rings (SSSR count). The summed E-state index contributed by atoms with van der Waals surface area (Å²) < 4.78 is 83.7. The SMILES string of the molecule is C=C/C=C(\C=C/C(=C)C)C(/C(C=C)=C/C=C(\C)S)(C(F)(F)F)C(F)(F)F. The first-order valence-electron chi connectivity index (χ1n) is 7.26. The Kier molecular flexibility index (Phi) is 8.50. The van der Waals surface area contributed by atoms with E-state index in [1.807, 2.05) is 0 Å². The molecule has 144 valence electrons. The summed E-state index contributed by atoms with van der Waals surface area (Å²) in [5.41, 5.74) is -6.13. The van der Waals surface area contributed by atoms with Crippen LogP contribution in [0.3, 0.4) is 0 Å². The van der Waals surface area contributed by atoms with Crippen molar-refractivity contribution in [1.29, 1.82) is 0 Å².